The van der Waals surface area contributed by atoms with Gasteiger partial charge in [-0.2, -0.15) is 0 Å². The molecule has 4 rings (SSSR count). The van der Waals surface area contributed by atoms with Crippen LogP contribution in [-0.2, 0) is 11.2 Å². The third kappa shape index (κ3) is 2.79. The average Bonchev–Trinajstić information content (AvgIpc) is 2.87. The van der Waals surface area contributed by atoms with Gasteiger partial charge in [-0.3, -0.25) is 4.79 Å². The topological polar surface area (TPSA) is 42.8 Å². The van der Waals surface area contributed by atoms with E-state index in [2.05, 4.69) is 29.6 Å². The van der Waals surface area contributed by atoms with Gasteiger partial charge in [-0.15, -0.1) is 0 Å². The van der Waals surface area contributed by atoms with Crippen molar-refractivity contribution in [2.75, 3.05) is 20.2 Å². The Morgan fingerprint density at radius 3 is 2.70 bits per heavy atom. The molecule has 23 heavy (non-hydrogen) atoms. The van der Waals surface area contributed by atoms with Gasteiger partial charge in [0, 0.05) is 45.1 Å². The monoisotopic (exact) mass is 315 g/mol. The Kier molecular flexibility index (Phi) is 3.90. The molecule has 1 saturated carbocycles. The lowest BCUT2D eigenvalue weighted by Crippen LogP contribution is -3.23. The normalized spacial score (nSPS) is 32.2. The standard InChI is InChI=1S/C19H26N2O2/c1-23-18-4-2-14(3-5-18)10-16-12-20-15-11-19(21(16)13-15)8-6-17(22)7-9-19/h2-5,15-16,20H,6-13H2,1H3/p+1/t15-,16-/m0/s1. The molecule has 2 saturated heterocycles. The lowest BCUT2D eigenvalue weighted by Gasteiger charge is -2.42. The highest BCUT2D eigenvalue weighted by molar-refractivity contribution is 5.79. The Balaban J connectivity index is 1.51. The summed E-state index contributed by atoms with van der Waals surface area (Å²) < 4.78 is 5.26. The molecule has 2 bridgehead atoms. The van der Waals surface area contributed by atoms with Gasteiger partial charge in [0.05, 0.1) is 19.7 Å². The summed E-state index contributed by atoms with van der Waals surface area (Å²) in [7, 11) is 1.71. The van der Waals surface area contributed by atoms with Crippen molar-refractivity contribution in [1.29, 1.82) is 0 Å². The molecule has 4 heteroatoms. The second-order valence-electron chi connectivity index (χ2n) is 7.61. The molecule has 1 aliphatic carbocycles. The number of piperazine rings is 1. The van der Waals surface area contributed by atoms with Crippen molar-refractivity contribution in [2.24, 2.45) is 0 Å². The number of methoxy groups -OCH3 is 1. The largest absolute Gasteiger partial charge is 0.497 e. The van der Waals surface area contributed by atoms with Crippen LogP contribution >= 0.6 is 0 Å². The Labute approximate surface area is 138 Å². The summed E-state index contributed by atoms with van der Waals surface area (Å²) in [6.07, 6.45) is 6.15. The molecule has 1 aromatic rings. The van der Waals surface area contributed by atoms with Crippen LogP contribution in [0.1, 0.15) is 37.7 Å². The van der Waals surface area contributed by atoms with Crippen LogP contribution in [0.5, 0.6) is 5.75 Å². The van der Waals surface area contributed by atoms with Gasteiger partial charge in [0.2, 0.25) is 0 Å². The molecule has 1 spiro atoms. The van der Waals surface area contributed by atoms with E-state index in [0.29, 0.717) is 23.4 Å². The molecule has 124 valence electrons. The number of hydrogen-bond acceptors (Lipinski definition) is 3. The molecule has 1 aromatic carbocycles. The zero-order valence-corrected chi connectivity index (χ0v) is 13.9. The smallest absolute Gasteiger partial charge is 0.133 e. The Morgan fingerprint density at radius 1 is 1.26 bits per heavy atom. The second-order valence-corrected chi connectivity index (χ2v) is 7.61. The molecular weight excluding hydrogens is 288 g/mol. The van der Waals surface area contributed by atoms with Gasteiger partial charge < -0.3 is 15.0 Å². The molecular formula is C19H27N2O2+. The lowest BCUT2D eigenvalue weighted by atomic mass is 9.78. The van der Waals surface area contributed by atoms with Gasteiger partial charge in [0.25, 0.3) is 0 Å². The number of carbonyl (C=O) groups is 1. The van der Waals surface area contributed by atoms with Gasteiger partial charge in [-0.25, -0.2) is 0 Å². The first-order chi connectivity index (χ1) is 11.2. The molecule has 3 atom stereocenters. The molecule has 0 radical (unpaired) electrons. The van der Waals surface area contributed by atoms with Gasteiger partial charge in [-0.05, 0) is 17.7 Å². The first kappa shape index (κ1) is 15.2. The number of ketones is 1. The molecule has 1 unspecified atom stereocenters. The molecule has 3 aliphatic rings. The molecule has 3 fully saturated rings. The number of hydrogen-bond donors (Lipinski definition) is 2. The van der Waals surface area contributed by atoms with E-state index >= 15 is 0 Å². The van der Waals surface area contributed by atoms with Crippen LogP contribution in [0.3, 0.4) is 0 Å². The summed E-state index contributed by atoms with van der Waals surface area (Å²) in [5, 5.41) is 3.76. The highest BCUT2D eigenvalue weighted by Gasteiger charge is 2.55. The van der Waals surface area contributed by atoms with E-state index in [4.69, 9.17) is 4.74 Å². The first-order valence-corrected chi connectivity index (χ1v) is 8.93. The molecule has 0 amide bonds. The van der Waals surface area contributed by atoms with Crippen LogP contribution in [0, 0.1) is 0 Å². The van der Waals surface area contributed by atoms with Crippen molar-refractivity contribution in [3.63, 3.8) is 0 Å². The van der Waals surface area contributed by atoms with Crippen molar-refractivity contribution in [3.8, 4) is 5.75 Å². The van der Waals surface area contributed by atoms with E-state index in [1.165, 1.54) is 18.5 Å². The SMILES string of the molecule is COc1ccc(C[C@H]2CN[C@@H]3C[NH+]2C2(CCC(=O)CC2)C3)cc1. The number of quaternary nitrogens is 1. The third-order valence-electron chi connectivity index (χ3n) is 6.34. The van der Waals surface area contributed by atoms with Crippen molar-refractivity contribution in [1.82, 2.24) is 5.32 Å². The summed E-state index contributed by atoms with van der Waals surface area (Å²) >= 11 is 0. The molecule has 2 N–H and O–H groups in total. The minimum absolute atomic E-state index is 0.360. The maximum absolute atomic E-state index is 11.7. The van der Waals surface area contributed by atoms with Gasteiger partial charge >= 0.3 is 0 Å². The average molecular weight is 315 g/mol. The zero-order chi connectivity index (χ0) is 15.9. The van der Waals surface area contributed by atoms with Crippen LogP contribution in [0.25, 0.3) is 0 Å². The van der Waals surface area contributed by atoms with Crippen molar-refractivity contribution >= 4 is 5.78 Å². The minimum atomic E-state index is 0.360. The number of fused-ring (bicyclic) bond motifs is 3. The van der Waals surface area contributed by atoms with E-state index in [1.807, 2.05) is 0 Å². The van der Waals surface area contributed by atoms with E-state index in [9.17, 15) is 4.79 Å². The highest BCUT2D eigenvalue weighted by Crippen LogP contribution is 2.32. The van der Waals surface area contributed by atoms with Crippen LogP contribution in [0.2, 0.25) is 0 Å². The number of carbonyl (C=O) groups excluding carboxylic acids is 1. The Morgan fingerprint density at radius 2 is 2.00 bits per heavy atom. The fourth-order valence-corrected chi connectivity index (χ4v) is 5.11. The summed E-state index contributed by atoms with van der Waals surface area (Å²) in [6.45, 7) is 2.33. The summed E-state index contributed by atoms with van der Waals surface area (Å²) in [5.74, 6) is 1.39. The summed E-state index contributed by atoms with van der Waals surface area (Å²) in [5.41, 5.74) is 1.75. The quantitative estimate of drug-likeness (QED) is 0.865. The maximum Gasteiger partial charge on any atom is 0.133 e. The van der Waals surface area contributed by atoms with E-state index in [-0.39, 0.29) is 0 Å². The van der Waals surface area contributed by atoms with Crippen LogP contribution < -0.4 is 15.0 Å². The third-order valence-corrected chi connectivity index (χ3v) is 6.34. The number of nitrogens with one attached hydrogen (secondary N) is 2. The van der Waals surface area contributed by atoms with Crippen LogP contribution in [0.4, 0.5) is 0 Å². The fraction of sp³-hybridized carbons (Fsp3) is 0.632. The van der Waals surface area contributed by atoms with E-state index < -0.39 is 0 Å². The predicted molar refractivity (Wildman–Crippen MR) is 88.9 cm³/mol. The van der Waals surface area contributed by atoms with Crippen LogP contribution in [0.15, 0.2) is 24.3 Å². The van der Waals surface area contributed by atoms with Gasteiger partial charge in [0.15, 0.2) is 0 Å². The zero-order valence-electron chi connectivity index (χ0n) is 13.9. The van der Waals surface area contributed by atoms with Crippen molar-refractivity contribution < 1.29 is 14.4 Å². The lowest BCUT2D eigenvalue weighted by molar-refractivity contribution is -0.966. The van der Waals surface area contributed by atoms with Crippen molar-refractivity contribution in [3.05, 3.63) is 29.8 Å². The number of benzene rings is 1. The number of ether oxygens (including phenoxy) is 1. The highest BCUT2D eigenvalue weighted by atomic mass is 16.5. The van der Waals surface area contributed by atoms with E-state index in [0.717, 1.165) is 44.4 Å². The van der Waals surface area contributed by atoms with Gasteiger partial charge in [-0.1, -0.05) is 12.1 Å². The first-order valence-electron chi connectivity index (χ1n) is 8.93. The molecule has 2 aliphatic heterocycles. The number of Topliss-reactive ketones (excluding diaryl/α,β-unsaturated/α-hetero) is 1. The van der Waals surface area contributed by atoms with E-state index in [1.54, 1.807) is 12.0 Å². The number of rotatable bonds is 3. The second kappa shape index (κ2) is 5.91. The Bertz CT molecular complexity index is 574. The Hall–Kier alpha value is -1.39. The minimum Gasteiger partial charge on any atom is -0.497 e. The van der Waals surface area contributed by atoms with Crippen LogP contribution in [-0.4, -0.2) is 43.6 Å². The fourth-order valence-electron chi connectivity index (χ4n) is 5.11. The summed E-state index contributed by atoms with van der Waals surface area (Å²) in [4.78, 5) is 13.5. The van der Waals surface area contributed by atoms with Gasteiger partial charge in [0.1, 0.15) is 23.1 Å². The predicted octanol–water partition coefficient (Wildman–Crippen LogP) is 0.749. The molecule has 0 aromatic heterocycles. The molecule has 2 heterocycles. The maximum atomic E-state index is 11.7. The molecule has 4 nitrogen and oxygen atoms in total. The summed E-state index contributed by atoms with van der Waals surface area (Å²) in [6, 6.07) is 9.78. The van der Waals surface area contributed by atoms with Crippen molar-refractivity contribution in [2.45, 2.75) is 56.1 Å².